The zero-order valence-corrected chi connectivity index (χ0v) is 18.2. The van der Waals surface area contributed by atoms with Gasteiger partial charge in [-0.25, -0.2) is 27.6 Å². The van der Waals surface area contributed by atoms with Crippen LogP contribution in [0.5, 0.6) is 0 Å². The van der Waals surface area contributed by atoms with Crippen LogP contribution < -0.4 is 0 Å². The molecule has 0 aliphatic rings. The lowest BCUT2D eigenvalue weighted by molar-refractivity contribution is 0.0696. The molecule has 0 radical (unpaired) electrons. The minimum Gasteiger partial charge on any atom is -0.478 e. The van der Waals surface area contributed by atoms with Gasteiger partial charge in [0.25, 0.3) is 0 Å². The number of fused-ring (bicyclic) bond motifs is 1. The minimum absolute atomic E-state index is 0.0574. The summed E-state index contributed by atoms with van der Waals surface area (Å²) in [5.41, 5.74) is 2.31. The van der Waals surface area contributed by atoms with Gasteiger partial charge in [0.15, 0.2) is 15.5 Å². The summed E-state index contributed by atoms with van der Waals surface area (Å²) >= 11 is 0. The molecule has 2 aromatic heterocycles. The summed E-state index contributed by atoms with van der Waals surface area (Å²) in [7, 11) is -3.84. The number of benzene rings is 2. The fourth-order valence-corrected chi connectivity index (χ4v) is 5.32. The molecule has 0 saturated carbocycles. The van der Waals surface area contributed by atoms with Crippen LogP contribution in [0.15, 0.2) is 85.6 Å². The fourth-order valence-electron chi connectivity index (χ4n) is 3.62. The van der Waals surface area contributed by atoms with Gasteiger partial charge in [-0.15, -0.1) is 6.58 Å². The van der Waals surface area contributed by atoms with Crippen molar-refractivity contribution in [2.45, 2.75) is 11.0 Å². The second-order valence-electron chi connectivity index (χ2n) is 7.44. The molecule has 0 bridgehead atoms. The molecule has 8 heteroatoms. The van der Waals surface area contributed by atoms with Crippen LogP contribution in [0.25, 0.3) is 22.3 Å². The monoisotopic (exact) mass is 462 g/mol. The maximum atomic E-state index is 13.2. The molecular formula is C25H19FN2O4S. The molecule has 0 aliphatic heterocycles. The second-order valence-corrected chi connectivity index (χ2v) is 9.57. The van der Waals surface area contributed by atoms with Gasteiger partial charge >= 0.3 is 5.97 Å². The van der Waals surface area contributed by atoms with Gasteiger partial charge in [-0.2, -0.15) is 0 Å². The van der Waals surface area contributed by atoms with Crippen molar-refractivity contribution < 1.29 is 22.7 Å². The third-order valence-corrected chi connectivity index (χ3v) is 7.19. The first-order valence-electron chi connectivity index (χ1n) is 9.96. The predicted molar refractivity (Wildman–Crippen MR) is 124 cm³/mol. The normalized spacial score (nSPS) is 12.4. The van der Waals surface area contributed by atoms with Crippen LogP contribution in [0.3, 0.4) is 0 Å². The number of carbonyl (C=O) groups is 1. The quantitative estimate of drug-likeness (QED) is 0.389. The van der Waals surface area contributed by atoms with Crippen molar-refractivity contribution >= 4 is 26.8 Å². The lowest BCUT2D eigenvalue weighted by atomic mass is 10.1. The summed E-state index contributed by atoms with van der Waals surface area (Å²) in [5.74, 6) is -1.98. The topological polar surface area (TPSA) is 97.2 Å². The maximum Gasteiger partial charge on any atom is 0.335 e. The van der Waals surface area contributed by atoms with Crippen LogP contribution in [-0.4, -0.2) is 29.5 Å². The number of hydrogen-bond donors (Lipinski definition) is 1. The summed E-state index contributed by atoms with van der Waals surface area (Å²) in [6, 6.07) is 17.1. The number of pyridine rings is 2. The van der Waals surface area contributed by atoms with Gasteiger partial charge in [0.05, 0.1) is 17.0 Å². The summed E-state index contributed by atoms with van der Waals surface area (Å²) in [4.78, 5) is 20.3. The van der Waals surface area contributed by atoms with E-state index in [0.29, 0.717) is 22.3 Å². The Balaban J connectivity index is 1.67. The summed E-state index contributed by atoms with van der Waals surface area (Å²) < 4.78 is 39.5. The van der Waals surface area contributed by atoms with Gasteiger partial charge in [-0.1, -0.05) is 24.3 Å². The number of aromatic carboxylic acids is 1. The van der Waals surface area contributed by atoms with E-state index in [2.05, 4.69) is 16.5 Å². The first-order chi connectivity index (χ1) is 15.8. The van der Waals surface area contributed by atoms with Gasteiger partial charge in [-0.05, 0) is 59.7 Å². The number of nitrogens with zero attached hydrogens (tertiary/aromatic N) is 2. The first-order valence-corrected chi connectivity index (χ1v) is 11.7. The molecule has 2 aromatic carbocycles. The van der Waals surface area contributed by atoms with Crippen LogP contribution in [0.4, 0.5) is 4.39 Å². The van der Waals surface area contributed by atoms with Crippen molar-refractivity contribution in [2.24, 2.45) is 0 Å². The summed E-state index contributed by atoms with van der Waals surface area (Å²) in [5, 5.41) is 8.92. The van der Waals surface area contributed by atoms with E-state index in [0.717, 1.165) is 5.56 Å². The summed E-state index contributed by atoms with van der Waals surface area (Å²) in [6.45, 7) is 3.67. The lowest BCUT2D eigenvalue weighted by Crippen LogP contribution is -2.16. The van der Waals surface area contributed by atoms with E-state index >= 15 is 0 Å². The number of carboxylic acid groups (broad SMARTS) is 1. The van der Waals surface area contributed by atoms with Crippen LogP contribution in [0.2, 0.25) is 0 Å². The van der Waals surface area contributed by atoms with E-state index < -0.39 is 26.8 Å². The summed E-state index contributed by atoms with van der Waals surface area (Å²) in [6.07, 6.45) is 2.73. The molecule has 2 heterocycles. The highest BCUT2D eigenvalue weighted by molar-refractivity contribution is 7.91. The Hall–Kier alpha value is -3.91. The number of halogens is 1. The van der Waals surface area contributed by atoms with Crippen molar-refractivity contribution in [1.29, 1.82) is 0 Å². The fraction of sp³-hybridized carbons (Fsp3) is 0.0800. The van der Waals surface area contributed by atoms with Crippen molar-refractivity contribution in [3.8, 4) is 11.3 Å². The molecule has 0 fully saturated rings. The number of carboxylic acids is 1. The van der Waals surface area contributed by atoms with Crippen molar-refractivity contribution in [3.05, 3.63) is 108 Å². The zero-order valence-electron chi connectivity index (χ0n) is 17.3. The van der Waals surface area contributed by atoms with E-state index in [9.17, 15) is 22.7 Å². The largest absolute Gasteiger partial charge is 0.478 e. The Morgan fingerprint density at radius 3 is 2.52 bits per heavy atom. The third-order valence-electron chi connectivity index (χ3n) is 5.24. The highest BCUT2D eigenvalue weighted by atomic mass is 32.2. The van der Waals surface area contributed by atoms with Crippen molar-refractivity contribution in [3.63, 3.8) is 0 Å². The van der Waals surface area contributed by atoms with Crippen LogP contribution in [0.1, 0.15) is 26.7 Å². The molecule has 1 atom stereocenters. The number of aromatic nitrogens is 2. The van der Waals surface area contributed by atoms with Crippen molar-refractivity contribution in [2.75, 3.05) is 0 Å². The second kappa shape index (κ2) is 8.91. The van der Waals surface area contributed by atoms with Gasteiger partial charge in [0.2, 0.25) is 0 Å². The Morgan fingerprint density at radius 1 is 1.09 bits per heavy atom. The highest BCUT2D eigenvalue weighted by Crippen LogP contribution is 2.30. The van der Waals surface area contributed by atoms with E-state index in [4.69, 9.17) is 0 Å². The van der Waals surface area contributed by atoms with Gasteiger partial charge in [0.1, 0.15) is 11.1 Å². The molecule has 0 saturated heterocycles. The van der Waals surface area contributed by atoms with E-state index in [1.165, 1.54) is 36.5 Å². The van der Waals surface area contributed by atoms with E-state index in [1.54, 1.807) is 42.5 Å². The number of hydrogen-bond acceptors (Lipinski definition) is 5. The Labute approximate surface area is 190 Å². The first kappa shape index (κ1) is 22.3. The smallest absolute Gasteiger partial charge is 0.335 e. The minimum atomic E-state index is -3.84. The molecule has 1 N–H and O–H groups in total. The molecule has 0 aliphatic carbocycles. The molecule has 4 rings (SSSR count). The molecule has 0 amide bonds. The molecule has 1 unspecified atom stereocenters. The van der Waals surface area contributed by atoms with E-state index in [-0.39, 0.29) is 16.9 Å². The lowest BCUT2D eigenvalue weighted by Gasteiger charge is -2.16. The van der Waals surface area contributed by atoms with Gasteiger partial charge in [-0.3, -0.25) is 0 Å². The molecule has 6 nitrogen and oxygen atoms in total. The Bertz CT molecular complexity index is 1470. The van der Waals surface area contributed by atoms with E-state index in [1.807, 2.05) is 0 Å². The SMILES string of the molecule is C=CC(c1cnc2nc(-c3ccc(F)cc3)ccc2c1)S(=O)(=O)Cc1ccccc1C(=O)O. The standard InChI is InChI=1S/C25H19FN2O4S/c1-2-23(33(31,32)15-18-5-3-4-6-21(18)25(29)30)19-13-17-9-12-22(28-24(17)27-14-19)16-7-10-20(26)11-8-16/h2-14,23H,1,15H2,(H,29,30). The molecular weight excluding hydrogens is 443 g/mol. The molecule has 4 aromatic rings. The van der Waals surface area contributed by atoms with Gasteiger partial charge in [0, 0.05) is 17.1 Å². The number of sulfone groups is 1. The van der Waals surface area contributed by atoms with Crippen LogP contribution in [0, 0.1) is 5.82 Å². The Kier molecular flexibility index (Phi) is 6.02. The third kappa shape index (κ3) is 4.65. The average molecular weight is 463 g/mol. The van der Waals surface area contributed by atoms with Gasteiger partial charge < -0.3 is 5.11 Å². The number of rotatable bonds is 7. The zero-order chi connectivity index (χ0) is 23.6. The molecule has 33 heavy (non-hydrogen) atoms. The van der Waals surface area contributed by atoms with Crippen LogP contribution >= 0.6 is 0 Å². The van der Waals surface area contributed by atoms with Crippen molar-refractivity contribution in [1.82, 2.24) is 9.97 Å². The highest BCUT2D eigenvalue weighted by Gasteiger charge is 2.27. The Morgan fingerprint density at radius 2 is 1.82 bits per heavy atom. The maximum absolute atomic E-state index is 13.2. The van der Waals surface area contributed by atoms with Crippen LogP contribution in [-0.2, 0) is 15.6 Å². The molecule has 0 spiro atoms. The molecule has 166 valence electrons. The predicted octanol–water partition coefficient (Wildman–Crippen LogP) is 4.98. The average Bonchev–Trinajstić information content (AvgIpc) is 2.79.